The third-order valence-electron chi connectivity index (χ3n) is 2.56. The van der Waals surface area contributed by atoms with Gasteiger partial charge in [0.1, 0.15) is 11.8 Å². The minimum absolute atomic E-state index is 0.140. The molecule has 0 saturated carbocycles. The number of rotatable bonds is 1. The summed E-state index contributed by atoms with van der Waals surface area (Å²) in [6.07, 6.45) is 0.315. The summed E-state index contributed by atoms with van der Waals surface area (Å²) < 4.78 is 0.633. The van der Waals surface area contributed by atoms with E-state index in [1.807, 2.05) is 13.0 Å². The van der Waals surface area contributed by atoms with E-state index in [1.54, 1.807) is 0 Å². The smallest absolute Gasteiger partial charge is 0.326 e. The summed E-state index contributed by atoms with van der Waals surface area (Å²) >= 11 is 3.26. The molecular weight excluding hydrogens is 262 g/mol. The summed E-state index contributed by atoms with van der Waals surface area (Å²) in [5.74, 6) is -0.763. The predicted octanol–water partition coefficient (Wildman–Crippen LogP) is 1.88. The number of carboxylic acids is 1. The fourth-order valence-electron chi connectivity index (χ4n) is 1.74. The Morgan fingerprint density at radius 1 is 1.67 bits per heavy atom. The molecule has 80 valence electrons. The van der Waals surface area contributed by atoms with Crippen molar-refractivity contribution < 1.29 is 15.0 Å². The zero-order valence-electron chi connectivity index (χ0n) is 8.04. The number of anilines is 1. The monoisotopic (exact) mass is 271 g/mol. The first-order valence-corrected chi connectivity index (χ1v) is 5.30. The highest BCUT2D eigenvalue weighted by molar-refractivity contribution is 9.10. The highest BCUT2D eigenvalue weighted by Gasteiger charge is 2.29. The number of aromatic hydroxyl groups is 1. The Kier molecular flexibility index (Phi) is 2.34. The average molecular weight is 272 g/mol. The summed E-state index contributed by atoms with van der Waals surface area (Å²) in [5.41, 5.74) is 2.25. The van der Waals surface area contributed by atoms with E-state index in [2.05, 4.69) is 21.2 Å². The Hall–Kier alpha value is -1.23. The lowest BCUT2D eigenvalue weighted by Crippen LogP contribution is -2.26. The minimum Gasteiger partial charge on any atom is -0.506 e. The highest BCUT2D eigenvalue weighted by atomic mass is 79.9. The van der Waals surface area contributed by atoms with Crippen molar-refractivity contribution in [2.45, 2.75) is 19.4 Å². The Labute approximate surface area is 95.1 Å². The van der Waals surface area contributed by atoms with Gasteiger partial charge in [0.2, 0.25) is 0 Å². The fourth-order valence-corrected chi connectivity index (χ4v) is 2.09. The number of carboxylic acid groups (broad SMARTS) is 1. The van der Waals surface area contributed by atoms with E-state index in [-0.39, 0.29) is 5.75 Å². The molecule has 4 nitrogen and oxygen atoms in total. The van der Waals surface area contributed by atoms with E-state index in [0.717, 1.165) is 5.56 Å². The van der Waals surface area contributed by atoms with Gasteiger partial charge in [0.05, 0.1) is 4.47 Å². The van der Waals surface area contributed by atoms with Crippen molar-refractivity contribution in [2.75, 3.05) is 5.32 Å². The van der Waals surface area contributed by atoms with Gasteiger partial charge in [-0.05, 0) is 34.5 Å². The van der Waals surface area contributed by atoms with Gasteiger partial charge in [0.15, 0.2) is 0 Å². The van der Waals surface area contributed by atoms with Crippen LogP contribution in [0.5, 0.6) is 5.75 Å². The van der Waals surface area contributed by atoms with Crippen molar-refractivity contribution in [3.05, 3.63) is 21.7 Å². The summed E-state index contributed by atoms with van der Waals surface area (Å²) in [6, 6.07) is 1.20. The van der Waals surface area contributed by atoms with Gasteiger partial charge in [-0.2, -0.15) is 0 Å². The molecule has 1 aromatic carbocycles. The maximum Gasteiger partial charge on any atom is 0.326 e. The molecule has 3 N–H and O–H groups in total. The van der Waals surface area contributed by atoms with Crippen LogP contribution in [0.25, 0.3) is 0 Å². The zero-order valence-corrected chi connectivity index (χ0v) is 9.63. The van der Waals surface area contributed by atoms with Crippen molar-refractivity contribution in [1.82, 2.24) is 0 Å². The molecule has 15 heavy (non-hydrogen) atoms. The second kappa shape index (κ2) is 3.41. The lowest BCUT2D eigenvalue weighted by Gasteiger charge is -2.07. The van der Waals surface area contributed by atoms with Gasteiger partial charge in [0, 0.05) is 17.7 Å². The van der Waals surface area contributed by atoms with E-state index in [1.165, 1.54) is 0 Å². The van der Waals surface area contributed by atoms with Crippen LogP contribution < -0.4 is 5.32 Å². The molecule has 1 aliphatic rings. The Morgan fingerprint density at radius 3 is 2.93 bits per heavy atom. The number of carbonyl (C=O) groups is 1. The van der Waals surface area contributed by atoms with Crippen molar-refractivity contribution in [3.8, 4) is 5.75 Å². The number of phenolic OH excluding ortho intramolecular Hbond substituents is 1. The molecule has 0 spiro atoms. The van der Waals surface area contributed by atoms with E-state index in [4.69, 9.17) is 5.11 Å². The van der Waals surface area contributed by atoms with E-state index < -0.39 is 12.0 Å². The van der Waals surface area contributed by atoms with Crippen molar-refractivity contribution in [3.63, 3.8) is 0 Å². The topological polar surface area (TPSA) is 69.6 Å². The number of hydrogen-bond donors (Lipinski definition) is 3. The fraction of sp³-hybridized carbons (Fsp3) is 0.300. The second-order valence-corrected chi connectivity index (χ2v) is 4.41. The molecule has 0 amide bonds. The number of nitrogens with one attached hydrogen (secondary N) is 1. The number of aryl methyl sites for hydroxylation is 1. The van der Waals surface area contributed by atoms with Crippen molar-refractivity contribution >= 4 is 27.6 Å². The molecule has 2 rings (SSSR count). The van der Waals surface area contributed by atoms with Crippen molar-refractivity contribution in [1.29, 1.82) is 0 Å². The molecule has 1 aliphatic heterocycles. The first kappa shape index (κ1) is 10.3. The van der Waals surface area contributed by atoms with E-state index in [9.17, 15) is 9.90 Å². The van der Waals surface area contributed by atoms with Gasteiger partial charge in [-0.3, -0.25) is 0 Å². The van der Waals surface area contributed by atoms with Crippen molar-refractivity contribution in [2.24, 2.45) is 0 Å². The largest absolute Gasteiger partial charge is 0.506 e. The first-order valence-electron chi connectivity index (χ1n) is 4.51. The van der Waals surface area contributed by atoms with Gasteiger partial charge in [-0.25, -0.2) is 4.79 Å². The zero-order chi connectivity index (χ0) is 11.2. The van der Waals surface area contributed by atoms with Gasteiger partial charge < -0.3 is 15.5 Å². The van der Waals surface area contributed by atoms with Gasteiger partial charge in [0.25, 0.3) is 0 Å². The molecule has 0 aromatic heterocycles. The molecular formula is C10H10BrNO3. The molecule has 0 saturated heterocycles. The summed E-state index contributed by atoms with van der Waals surface area (Å²) in [4.78, 5) is 10.8. The van der Waals surface area contributed by atoms with Crippen LogP contribution in [0, 0.1) is 6.92 Å². The molecule has 0 fully saturated rings. The lowest BCUT2D eigenvalue weighted by molar-refractivity contribution is -0.137. The van der Waals surface area contributed by atoms with Crippen LogP contribution >= 0.6 is 15.9 Å². The van der Waals surface area contributed by atoms with Gasteiger partial charge in [-0.15, -0.1) is 0 Å². The van der Waals surface area contributed by atoms with Crippen LogP contribution in [0.1, 0.15) is 11.1 Å². The number of benzene rings is 1. The number of phenols is 1. The molecule has 1 heterocycles. The van der Waals surface area contributed by atoms with Crippen LogP contribution in [0.2, 0.25) is 0 Å². The van der Waals surface area contributed by atoms with Gasteiger partial charge in [-0.1, -0.05) is 0 Å². The Balaban J connectivity index is 2.47. The standard InChI is InChI=1S/C10H10BrNO3/c1-4-2-6-5(9(13)8(4)11)3-7(12-6)10(14)15/h2,7,12-13H,3H2,1H3,(H,14,15). The summed E-state index contributed by atoms with van der Waals surface area (Å²) in [7, 11) is 0. The number of halogens is 1. The molecule has 0 bridgehead atoms. The van der Waals surface area contributed by atoms with Gasteiger partial charge >= 0.3 is 5.97 Å². The van der Waals surface area contributed by atoms with E-state index in [0.29, 0.717) is 22.1 Å². The Bertz CT molecular complexity index is 445. The van der Waals surface area contributed by atoms with Crippen LogP contribution in [-0.2, 0) is 11.2 Å². The molecule has 0 radical (unpaired) electrons. The van der Waals surface area contributed by atoms with Crippen LogP contribution in [-0.4, -0.2) is 22.2 Å². The number of aliphatic carboxylic acids is 1. The molecule has 1 aromatic rings. The molecule has 1 unspecified atom stereocenters. The maximum atomic E-state index is 10.8. The average Bonchev–Trinajstić information content (AvgIpc) is 2.58. The highest BCUT2D eigenvalue weighted by Crippen LogP contribution is 2.40. The number of hydrogen-bond acceptors (Lipinski definition) is 3. The minimum atomic E-state index is -0.903. The molecule has 1 atom stereocenters. The normalized spacial score (nSPS) is 18.4. The van der Waals surface area contributed by atoms with Crippen LogP contribution in [0.15, 0.2) is 10.5 Å². The maximum absolute atomic E-state index is 10.8. The van der Waals surface area contributed by atoms with Crippen LogP contribution in [0.3, 0.4) is 0 Å². The Morgan fingerprint density at radius 2 is 2.33 bits per heavy atom. The quantitative estimate of drug-likeness (QED) is 0.730. The predicted molar refractivity (Wildman–Crippen MR) is 59.3 cm³/mol. The third-order valence-corrected chi connectivity index (χ3v) is 3.56. The van der Waals surface area contributed by atoms with E-state index >= 15 is 0 Å². The van der Waals surface area contributed by atoms with Crippen LogP contribution in [0.4, 0.5) is 5.69 Å². The third kappa shape index (κ3) is 1.56. The molecule has 0 aliphatic carbocycles. The summed E-state index contributed by atoms with van der Waals surface area (Å²) in [5, 5.41) is 21.5. The number of fused-ring (bicyclic) bond motifs is 1. The summed E-state index contributed by atoms with van der Waals surface area (Å²) in [6.45, 7) is 1.85. The second-order valence-electron chi connectivity index (χ2n) is 3.62. The lowest BCUT2D eigenvalue weighted by atomic mass is 10.1. The SMILES string of the molecule is Cc1cc2c(c(O)c1Br)CC(C(=O)O)N2. The molecule has 5 heteroatoms. The first-order chi connectivity index (χ1) is 7.00.